The van der Waals surface area contributed by atoms with Crippen molar-refractivity contribution in [3.8, 4) is 22.6 Å². The Kier molecular flexibility index (Phi) is 9.91. The van der Waals surface area contributed by atoms with Gasteiger partial charge in [0.25, 0.3) is 0 Å². The number of benzene rings is 3. The summed E-state index contributed by atoms with van der Waals surface area (Å²) < 4.78 is 16.3. The van der Waals surface area contributed by atoms with E-state index in [0.717, 1.165) is 40.0 Å². The Balaban J connectivity index is 1.58. The maximum Gasteiger partial charge on any atom is 0.511 e. The quantitative estimate of drug-likeness (QED) is 0.196. The minimum absolute atomic E-state index is 0.182. The lowest BCUT2D eigenvalue weighted by molar-refractivity contribution is -0.00397. The second kappa shape index (κ2) is 12.9. The Bertz CT molecular complexity index is 1240. The molecular weight excluding hydrogens is 482 g/mol. The number of rotatable bonds is 12. The zero-order valence-electron chi connectivity index (χ0n) is 23.1. The number of aliphatic hydroxyl groups is 1. The zero-order valence-corrected chi connectivity index (χ0v) is 23.1. The van der Waals surface area contributed by atoms with E-state index in [0.29, 0.717) is 12.3 Å². The van der Waals surface area contributed by atoms with E-state index in [-0.39, 0.29) is 18.2 Å². The summed E-state index contributed by atoms with van der Waals surface area (Å²) in [5.41, 5.74) is 5.65. The SMILES string of the molecule is COc1cc(CC(C)(C)NC[C@@H](O)COC(C)c2ccccc2-c2ccc(OC(=O)O)c(C)c2)ccc1C. The normalized spacial score (nSPS) is 13.1. The first-order valence-electron chi connectivity index (χ1n) is 12.8. The fourth-order valence-corrected chi connectivity index (χ4v) is 4.49. The maximum atomic E-state index is 10.9. The second-order valence-electron chi connectivity index (χ2n) is 10.3. The van der Waals surface area contributed by atoms with Crippen LogP contribution in [0.15, 0.2) is 60.7 Å². The fourth-order valence-electron chi connectivity index (χ4n) is 4.49. The van der Waals surface area contributed by atoms with Crippen molar-refractivity contribution >= 4 is 6.16 Å². The van der Waals surface area contributed by atoms with Gasteiger partial charge in [-0.1, -0.05) is 42.5 Å². The number of aryl methyl sites for hydroxylation is 2. The molecule has 0 bridgehead atoms. The van der Waals surface area contributed by atoms with Gasteiger partial charge in [-0.3, -0.25) is 0 Å². The van der Waals surface area contributed by atoms with E-state index in [1.165, 1.54) is 5.56 Å². The molecule has 204 valence electrons. The Morgan fingerprint density at radius 2 is 1.74 bits per heavy atom. The Morgan fingerprint density at radius 3 is 2.42 bits per heavy atom. The van der Waals surface area contributed by atoms with Crippen LogP contribution in [0.5, 0.6) is 11.5 Å². The lowest BCUT2D eigenvalue weighted by Crippen LogP contribution is -2.46. The first-order chi connectivity index (χ1) is 18.0. The van der Waals surface area contributed by atoms with Gasteiger partial charge in [0.05, 0.1) is 25.9 Å². The van der Waals surface area contributed by atoms with Crippen molar-refractivity contribution in [3.63, 3.8) is 0 Å². The van der Waals surface area contributed by atoms with Crippen LogP contribution < -0.4 is 14.8 Å². The van der Waals surface area contributed by atoms with E-state index in [2.05, 4.69) is 37.4 Å². The van der Waals surface area contributed by atoms with E-state index in [1.807, 2.05) is 57.2 Å². The third-order valence-corrected chi connectivity index (χ3v) is 6.56. The summed E-state index contributed by atoms with van der Waals surface area (Å²) in [4.78, 5) is 10.9. The summed E-state index contributed by atoms with van der Waals surface area (Å²) in [5, 5.41) is 23.0. The van der Waals surface area contributed by atoms with Crippen LogP contribution in [0.3, 0.4) is 0 Å². The monoisotopic (exact) mass is 521 g/mol. The molecule has 1 unspecified atom stereocenters. The molecule has 7 heteroatoms. The van der Waals surface area contributed by atoms with Gasteiger partial charge in [-0.2, -0.15) is 0 Å². The van der Waals surface area contributed by atoms with Gasteiger partial charge in [-0.15, -0.1) is 0 Å². The molecule has 0 heterocycles. The number of carboxylic acid groups (broad SMARTS) is 1. The van der Waals surface area contributed by atoms with Crippen molar-refractivity contribution in [3.05, 3.63) is 82.9 Å². The van der Waals surface area contributed by atoms with Gasteiger partial charge in [-0.25, -0.2) is 4.79 Å². The molecule has 3 N–H and O–H groups in total. The summed E-state index contributed by atoms with van der Waals surface area (Å²) >= 11 is 0. The van der Waals surface area contributed by atoms with Crippen LogP contribution in [0.4, 0.5) is 4.79 Å². The summed E-state index contributed by atoms with van der Waals surface area (Å²) in [7, 11) is 1.68. The van der Waals surface area contributed by atoms with Crippen LogP contribution in [0.1, 0.15) is 49.1 Å². The molecule has 0 saturated heterocycles. The topological polar surface area (TPSA) is 97.3 Å². The zero-order chi connectivity index (χ0) is 27.9. The Labute approximate surface area is 225 Å². The molecule has 7 nitrogen and oxygen atoms in total. The van der Waals surface area contributed by atoms with E-state index in [4.69, 9.17) is 19.3 Å². The highest BCUT2D eigenvalue weighted by atomic mass is 16.7. The number of ether oxygens (including phenoxy) is 3. The lowest BCUT2D eigenvalue weighted by atomic mass is 9.94. The molecule has 0 fully saturated rings. The third-order valence-electron chi connectivity index (χ3n) is 6.56. The van der Waals surface area contributed by atoms with Crippen molar-refractivity contribution < 1.29 is 29.2 Å². The second-order valence-corrected chi connectivity index (χ2v) is 10.3. The van der Waals surface area contributed by atoms with E-state index in [9.17, 15) is 9.90 Å². The molecule has 3 aromatic rings. The molecular formula is C31H39NO6. The molecule has 0 spiro atoms. The first-order valence-corrected chi connectivity index (χ1v) is 12.8. The number of methoxy groups -OCH3 is 1. The number of β-amino-alcohol motifs (C(OH)–C–C–N with tert-alkyl or cyclic N) is 1. The molecule has 38 heavy (non-hydrogen) atoms. The molecule has 0 aliphatic carbocycles. The highest BCUT2D eigenvalue weighted by molar-refractivity contribution is 5.70. The van der Waals surface area contributed by atoms with Gasteiger partial charge in [-0.05, 0) is 92.6 Å². The van der Waals surface area contributed by atoms with Crippen molar-refractivity contribution in [1.29, 1.82) is 0 Å². The highest BCUT2D eigenvalue weighted by Crippen LogP contribution is 2.33. The van der Waals surface area contributed by atoms with Crippen molar-refractivity contribution in [2.24, 2.45) is 0 Å². The predicted octanol–water partition coefficient (Wildman–Crippen LogP) is 6.09. The summed E-state index contributed by atoms with van der Waals surface area (Å²) in [6.45, 7) is 10.6. The van der Waals surface area contributed by atoms with Crippen LogP contribution >= 0.6 is 0 Å². The molecule has 2 atom stereocenters. The van der Waals surface area contributed by atoms with Gasteiger partial charge < -0.3 is 29.7 Å². The molecule has 0 amide bonds. The minimum atomic E-state index is -1.34. The Morgan fingerprint density at radius 1 is 1.00 bits per heavy atom. The summed E-state index contributed by atoms with van der Waals surface area (Å²) in [5.74, 6) is 1.18. The average Bonchev–Trinajstić information content (AvgIpc) is 2.88. The molecule has 3 aromatic carbocycles. The molecule has 0 aliphatic heterocycles. The average molecular weight is 522 g/mol. The third kappa shape index (κ3) is 8.05. The van der Waals surface area contributed by atoms with Gasteiger partial charge in [0, 0.05) is 12.1 Å². The fraction of sp³-hybridized carbons (Fsp3) is 0.387. The first kappa shape index (κ1) is 29.2. The van der Waals surface area contributed by atoms with Crippen LogP contribution in [0, 0.1) is 13.8 Å². The van der Waals surface area contributed by atoms with Gasteiger partial charge >= 0.3 is 6.16 Å². The van der Waals surface area contributed by atoms with Crippen LogP contribution in [0.25, 0.3) is 11.1 Å². The predicted molar refractivity (Wildman–Crippen MR) is 149 cm³/mol. The van der Waals surface area contributed by atoms with Crippen LogP contribution in [-0.4, -0.2) is 48.3 Å². The molecule has 0 aliphatic rings. The number of aliphatic hydroxyl groups excluding tert-OH is 1. The summed E-state index contributed by atoms with van der Waals surface area (Å²) in [6, 6.07) is 19.5. The van der Waals surface area contributed by atoms with Crippen molar-refractivity contribution in [2.75, 3.05) is 20.3 Å². The van der Waals surface area contributed by atoms with Crippen molar-refractivity contribution in [1.82, 2.24) is 5.32 Å². The maximum absolute atomic E-state index is 10.9. The van der Waals surface area contributed by atoms with Gasteiger partial charge in [0.1, 0.15) is 11.5 Å². The van der Waals surface area contributed by atoms with Crippen LogP contribution in [0.2, 0.25) is 0 Å². The largest absolute Gasteiger partial charge is 0.511 e. The smallest absolute Gasteiger partial charge is 0.496 e. The molecule has 0 saturated carbocycles. The van der Waals surface area contributed by atoms with E-state index < -0.39 is 12.3 Å². The lowest BCUT2D eigenvalue weighted by Gasteiger charge is -2.28. The number of hydrogen-bond acceptors (Lipinski definition) is 6. The number of nitrogens with one attached hydrogen (secondary N) is 1. The standard InChI is InChI=1S/C31H39NO6/c1-20-11-12-23(16-29(20)36-6)17-31(4,5)32-18-25(33)19-37-22(3)26-9-7-8-10-27(26)24-13-14-28(21(2)15-24)38-30(34)35/h7-16,22,25,32-33H,17-19H2,1-6H3,(H,34,35)/t22?,25-/m1/s1. The highest BCUT2D eigenvalue weighted by Gasteiger charge is 2.21. The molecule has 3 rings (SSSR count). The van der Waals surface area contributed by atoms with Crippen molar-refractivity contribution in [2.45, 2.75) is 58.8 Å². The van der Waals surface area contributed by atoms with Gasteiger partial charge in [0.15, 0.2) is 0 Å². The molecule has 0 radical (unpaired) electrons. The van der Waals surface area contributed by atoms with Gasteiger partial charge in [0.2, 0.25) is 0 Å². The minimum Gasteiger partial charge on any atom is -0.496 e. The number of hydrogen-bond donors (Lipinski definition) is 3. The van der Waals surface area contributed by atoms with E-state index in [1.54, 1.807) is 13.2 Å². The molecule has 0 aromatic heterocycles. The number of carbonyl (C=O) groups is 1. The van der Waals surface area contributed by atoms with E-state index >= 15 is 0 Å². The Hall–Kier alpha value is -3.39. The summed E-state index contributed by atoms with van der Waals surface area (Å²) in [6.07, 6.45) is -1.48. The van der Waals surface area contributed by atoms with Crippen LogP contribution in [-0.2, 0) is 11.2 Å².